The molecule has 1 heterocycles. The van der Waals surface area contributed by atoms with Gasteiger partial charge in [0.2, 0.25) is 0 Å². The van der Waals surface area contributed by atoms with Crippen molar-refractivity contribution in [1.29, 1.82) is 5.26 Å². The molecule has 0 aliphatic heterocycles. The highest BCUT2D eigenvalue weighted by atomic mass is 19.1. The maximum Gasteiger partial charge on any atom is 0.252 e. The van der Waals surface area contributed by atoms with Crippen molar-refractivity contribution in [3.63, 3.8) is 0 Å². The Morgan fingerprint density at radius 2 is 1.94 bits per heavy atom. The van der Waals surface area contributed by atoms with Gasteiger partial charge in [-0.3, -0.25) is 4.79 Å². The Bertz CT molecular complexity index is 623. The van der Waals surface area contributed by atoms with Crippen LogP contribution in [-0.4, -0.2) is 4.57 Å². The Kier molecular flexibility index (Phi) is 3.01. The molecular weight excluding hydrogens is 219 g/mol. The highest BCUT2D eigenvalue weighted by Gasteiger charge is 1.99. The molecule has 0 N–H and O–H groups in total. The number of benzene rings is 1. The molecule has 0 saturated carbocycles. The predicted octanol–water partition coefficient (Wildman–Crippen LogP) is 1.91. The van der Waals surface area contributed by atoms with E-state index in [-0.39, 0.29) is 11.4 Å². The number of rotatable bonds is 2. The third-order valence-electron chi connectivity index (χ3n) is 2.39. The van der Waals surface area contributed by atoms with Crippen LogP contribution in [0.25, 0.3) is 0 Å². The van der Waals surface area contributed by atoms with Gasteiger partial charge in [-0.2, -0.15) is 5.26 Å². The van der Waals surface area contributed by atoms with Crippen molar-refractivity contribution < 1.29 is 4.39 Å². The zero-order chi connectivity index (χ0) is 12.3. The number of halogens is 1. The Morgan fingerprint density at radius 3 is 2.53 bits per heavy atom. The van der Waals surface area contributed by atoms with Gasteiger partial charge in [0.05, 0.1) is 18.2 Å². The third kappa shape index (κ3) is 2.58. The molecule has 0 radical (unpaired) electrons. The lowest BCUT2D eigenvalue weighted by Gasteiger charge is -2.05. The van der Waals surface area contributed by atoms with Gasteiger partial charge >= 0.3 is 0 Å². The van der Waals surface area contributed by atoms with Crippen LogP contribution in [-0.2, 0) is 6.54 Å². The van der Waals surface area contributed by atoms with Crippen molar-refractivity contribution in [2.75, 3.05) is 0 Å². The number of pyridine rings is 1. The SMILES string of the molecule is N#Cc1ccn(Cc2ccc(F)cc2)c(=O)c1. The van der Waals surface area contributed by atoms with Gasteiger partial charge in [0.25, 0.3) is 5.56 Å². The summed E-state index contributed by atoms with van der Waals surface area (Å²) in [7, 11) is 0. The fourth-order valence-corrected chi connectivity index (χ4v) is 1.49. The molecular formula is C13H9FN2O. The van der Waals surface area contributed by atoms with E-state index in [4.69, 9.17) is 5.26 Å². The summed E-state index contributed by atoms with van der Waals surface area (Å²) in [4.78, 5) is 11.6. The van der Waals surface area contributed by atoms with Crippen molar-refractivity contribution in [2.24, 2.45) is 0 Å². The molecule has 17 heavy (non-hydrogen) atoms. The number of nitrogens with zero attached hydrogens (tertiary/aromatic N) is 2. The smallest absolute Gasteiger partial charge is 0.252 e. The predicted molar refractivity (Wildman–Crippen MR) is 60.9 cm³/mol. The normalized spacial score (nSPS) is 9.88. The van der Waals surface area contributed by atoms with Crippen LogP contribution in [0, 0.1) is 17.1 Å². The number of hydrogen-bond acceptors (Lipinski definition) is 2. The van der Waals surface area contributed by atoms with E-state index in [0.29, 0.717) is 12.1 Å². The minimum Gasteiger partial charge on any atom is -0.311 e. The number of aromatic nitrogens is 1. The molecule has 2 rings (SSSR count). The van der Waals surface area contributed by atoms with Crippen LogP contribution in [0.3, 0.4) is 0 Å². The summed E-state index contributed by atoms with van der Waals surface area (Å²) in [5.74, 6) is -0.305. The Balaban J connectivity index is 2.28. The lowest BCUT2D eigenvalue weighted by Crippen LogP contribution is -2.19. The van der Waals surface area contributed by atoms with E-state index in [1.54, 1.807) is 24.4 Å². The second-order valence-corrected chi connectivity index (χ2v) is 3.62. The second kappa shape index (κ2) is 4.62. The van der Waals surface area contributed by atoms with Crippen LogP contribution >= 0.6 is 0 Å². The largest absolute Gasteiger partial charge is 0.311 e. The van der Waals surface area contributed by atoms with Crippen molar-refractivity contribution in [2.45, 2.75) is 6.54 Å². The zero-order valence-electron chi connectivity index (χ0n) is 8.93. The Hall–Kier alpha value is -2.41. The van der Waals surface area contributed by atoms with E-state index in [0.717, 1.165) is 5.56 Å². The van der Waals surface area contributed by atoms with E-state index in [9.17, 15) is 9.18 Å². The molecule has 0 aliphatic rings. The lowest BCUT2D eigenvalue weighted by molar-refractivity contribution is 0.626. The van der Waals surface area contributed by atoms with Gasteiger partial charge in [0.1, 0.15) is 5.82 Å². The van der Waals surface area contributed by atoms with Crippen LogP contribution in [0.15, 0.2) is 47.4 Å². The first kappa shape index (κ1) is 11.1. The quantitative estimate of drug-likeness (QED) is 0.788. The summed E-state index contributed by atoms with van der Waals surface area (Å²) in [5, 5.41) is 8.63. The first-order chi connectivity index (χ1) is 8.19. The molecule has 0 bridgehead atoms. The summed E-state index contributed by atoms with van der Waals surface area (Å²) in [5.41, 5.74) is 0.928. The molecule has 1 aromatic heterocycles. The molecule has 3 nitrogen and oxygen atoms in total. The van der Waals surface area contributed by atoms with Gasteiger partial charge in [0.15, 0.2) is 0 Å². The highest BCUT2D eigenvalue weighted by molar-refractivity contribution is 5.26. The van der Waals surface area contributed by atoms with Crippen LogP contribution in [0.1, 0.15) is 11.1 Å². The zero-order valence-corrected chi connectivity index (χ0v) is 8.93. The summed E-state index contributed by atoms with van der Waals surface area (Å²) < 4.78 is 14.2. The van der Waals surface area contributed by atoms with Crippen molar-refractivity contribution in [3.8, 4) is 6.07 Å². The van der Waals surface area contributed by atoms with Crippen LogP contribution < -0.4 is 5.56 Å². The first-order valence-electron chi connectivity index (χ1n) is 5.04. The fourth-order valence-electron chi connectivity index (χ4n) is 1.49. The maximum atomic E-state index is 12.7. The van der Waals surface area contributed by atoms with Crippen molar-refractivity contribution >= 4 is 0 Å². The summed E-state index contributed by atoms with van der Waals surface area (Å²) >= 11 is 0. The minimum atomic E-state index is -0.305. The molecule has 0 spiro atoms. The minimum absolute atomic E-state index is 0.242. The summed E-state index contributed by atoms with van der Waals surface area (Å²) in [6.07, 6.45) is 1.56. The third-order valence-corrected chi connectivity index (χ3v) is 2.39. The Labute approximate surface area is 97.4 Å². The molecule has 2 aromatic rings. The second-order valence-electron chi connectivity index (χ2n) is 3.62. The molecule has 4 heteroatoms. The van der Waals surface area contributed by atoms with Gasteiger partial charge in [0, 0.05) is 12.3 Å². The molecule has 0 atom stereocenters. The molecule has 1 aromatic carbocycles. The average Bonchev–Trinajstić information content (AvgIpc) is 2.34. The molecule has 84 valence electrons. The monoisotopic (exact) mass is 228 g/mol. The van der Waals surface area contributed by atoms with Crippen molar-refractivity contribution in [3.05, 3.63) is 69.9 Å². The van der Waals surface area contributed by atoms with Gasteiger partial charge in [-0.05, 0) is 23.8 Å². The van der Waals surface area contributed by atoms with E-state index in [1.165, 1.54) is 22.8 Å². The number of hydrogen-bond donors (Lipinski definition) is 0. The molecule has 0 saturated heterocycles. The standard InChI is InChI=1S/C13H9FN2O/c14-12-3-1-10(2-4-12)9-16-6-5-11(8-15)7-13(16)17/h1-7H,9H2. The van der Waals surface area contributed by atoms with Gasteiger partial charge in [-0.25, -0.2) is 4.39 Å². The number of nitriles is 1. The molecule has 0 amide bonds. The van der Waals surface area contributed by atoms with Gasteiger partial charge in [-0.1, -0.05) is 12.1 Å². The molecule has 0 unspecified atom stereocenters. The highest BCUT2D eigenvalue weighted by Crippen LogP contribution is 2.04. The maximum absolute atomic E-state index is 12.7. The van der Waals surface area contributed by atoms with E-state index < -0.39 is 0 Å². The molecule has 0 aliphatic carbocycles. The lowest BCUT2D eigenvalue weighted by atomic mass is 10.2. The van der Waals surface area contributed by atoms with Crippen LogP contribution in [0.4, 0.5) is 4.39 Å². The summed E-state index contributed by atoms with van der Waals surface area (Å²) in [6, 6.07) is 10.7. The Morgan fingerprint density at radius 1 is 1.24 bits per heavy atom. The van der Waals surface area contributed by atoms with Crippen molar-refractivity contribution in [1.82, 2.24) is 4.57 Å². The van der Waals surface area contributed by atoms with Crippen LogP contribution in [0.2, 0.25) is 0 Å². The van der Waals surface area contributed by atoms with E-state index in [1.807, 2.05) is 6.07 Å². The van der Waals surface area contributed by atoms with E-state index >= 15 is 0 Å². The fraction of sp³-hybridized carbons (Fsp3) is 0.0769. The first-order valence-corrected chi connectivity index (χ1v) is 5.04. The summed E-state index contributed by atoms with van der Waals surface area (Å²) in [6.45, 7) is 0.366. The van der Waals surface area contributed by atoms with Gasteiger partial charge in [-0.15, -0.1) is 0 Å². The molecule has 0 fully saturated rings. The van der Waals surface area contributed by atoms with E-state index in [2.05, 4.69) is 0 Å². The van der Waals surface area contributed by atoms with Gasteiger partial charge < -0.3 is 4.57 Å². The average molecular weight is 228 g/mol. The van der Waals surface area contributed by atoms with Crippen LogP contribution in [0.5, 0.6) is 0 Å². The topological polar surface area (TPSA) is 45.8 Å².